The molecule has 92 valence electrons. The number of halogens is 1. The Morgan fingerprint density at radius 1 is 1.29 bits per heavy atom. The summed E-state index contributed by atoms with van der Waals surface area (Å²) in [4.78, 5) is 14.2. The van der Waals surface area contributed by atoms with Gasteiger partial charge < -0.3 is 10.2 Å². The monoisotopic (exact) mass is 252 g/mol. The predicted molar refractivity (Wildman–Crippen MR) is 69.4 cm³/mol. The molecule has 1 aromatic carbocycles. The van der Waals surface area contributed by atoms with Crippen LogP contribution in [0.25, 0.3) is 0 Å². The Morgan fingerprint density at radius 2 is 1.88 bits per heavy atom. The normalized spacial score (nSPS) is 18.0. The third-order valence-electron chi connectivity index (χ3n) is 3.16. The van der Waals surface area contributed by atoms with Gasteiger partial charge in [-0.25, -0.2) is 0 Å². The van der Waals surface area contributed by atoms with Gasteiger partial charge in [-0.1, -0.05) is 11.6 Å². The molecule has 1 fully saturated rings. The van der Waals surface area contributed by atoms with E-state index in [-0.39, 0.29) is 5.91 Å². The predicted octanol–water partition coefficient (Wildman–Crippen LogP) is 2.16. The fraction of sp³-hybridized carbons (Fsp3) is 0.462. The maximum atomic E-state index is 11.9. The van der Waals surface area contributed by atoms with Gasteiger partial charge in [0.05, 0.1) is 0 Å². The average Bonchev–Trinajstić information content (AvgIpc) is 2.33. The van der Waals surface area contributed by atoms with Crippen molar-refractivity contribution in [3.63, 3.8) is 0 Å². The highest BCUT2D eigenvalue weighted by Gasteiger charge is 2.18. The van der Waals surface area contributed by atoms with Gasteiger partial charge in [-0.2, -0.15) is 0 Å². The second-order valence-corrected chi connectivity index (χ2v) is 4.99. The summed E-state index contributed by atoms with van der Waals surface area (Å²) in [5.41, 5.74) is 0.674. The maximum absolute atomic E-state index is 11.9. The molecule has 1 aliphatic heterocycles. The fourth-order valence-corrected chi connectivity index (χ4v) is 2.15. The van der Waals surface area contributed by atoms with E-state index in [4.69, 9.17) is 11.6 Å². The minimum atomic E-state index is -0.00350. The van der Waals surface area contributed by atoms with Crippen molar-refractivity contribution < 1.29 is 4.79 Å². The van der Waals surface area contributed by atoms with Crippen LogP contribution in [0.3, 0.4) is 0 Å². The first-order chi connectivity index (χ1) is 8.15. The summed E-state index contributed by atoms with van der Waals surface area (Å²) >= 11 is 5.79. The zero-order chi connectivity index (χ0) is 12.3. The van der Waals surface area contributed by atoms with Crippen LogP contribution >= 0.6 is 11.6 Å². The van der Waals surface area contributed by atoms with Crippen molar-refractivity contribution in [2.75, 3.05) is 20.1 Å². The van der Waals surface area contributed by atoms with E-state index < -0.39 is 0 Å². The van der Waals surface area contributed by atoms with Gasteiger partial charge in [0.1, 0.15) is 0 Å². The molecule has 0 saturated carbocycles. The van der Waals surface area contributed by atoms with Gasteiger partial charge >= 0.3 is 0 Å². The van der Waals surface area contributed by atoms with Crippen LogP contribution in [0.4, 0.5) is 0 Å². The molecule has 0 unspecified atom stereocenters. The Kier molecular flexibility index (Phi) is 4.02. The number of hydrogen-bond acceptors (Lipinski definition) is 2. The Bertz CT molecular complexity index is 383. The lowest BCUT2D eigenvalue weighted by Gasteiger charge is -2.29. The van der Waals surface area contributed by atoms with Crippen LogP contribution in [0.15, 0.2) is 24.3 Å². The van der Waals surface area contributed by atoms with Crippen LogP contribution in [0.1, 0.15) is 23.2 Å². The zero-order valence-corrected chi connectivity index (χ0v) is 10.7. The lowest BCUT2D eigenvalue weighted by molar-refractivity contribution is 0.0917. The Labute approximate surface area is 107 Å². The first-order valence-corrected chi connectivity index (χ1v) is 6.28. The second kappa shape index (κ2) is 5.52. The molecule has 0 aromatic heterocycles. The Balaban J connectivity index is 1.91. The van der Waals surface area contributed by atoms with E-state index in [0.29, 0.717) is 16.6 Å². The van der Waals surface area contributed by atoms with Gasteiger partial charge in [-0.05, 0) is 57.2 Å². The van der Waals surface area contributed by atoms with Crippen LogP contribution in [-0.2, 0) is 0 Å². The average molecular weight is 253 g/mol. The number of carbonyl (C=O) groups is 1. The van der Waals surface area contributed by atoms with E-state index in [1.165, 1.54) is 0 Å². The molecule has 1 amide bonds. The fourth-order valence-electron chi connectivity index (χ4n) is 2.02. The molecule has 0 aliphatic carbocycles. The number of likely N-dealkylation sites (tertiary alicyclic amines) is 1. The summed E-state index contributed by atoms with van der Waals surface area (Å²) in [5.74, 6) is -0.00350. The molecule has 0 spiro atoms. The van der Waals surface area contributed by atoms with Crippen molar-refractivity contribution in [2.45, 2.75) is 18.9 Å². The van der Waals surface area contributed by atoms with Gasteiger partial charge in [0, 0.05) is 16.6 Å². The highest BCUT2D eigenvalue weighted by atomic mass is 35.5. The number of amides is 1. The second-order valence-electron chi connectivity index (χ2n) is 4.56. The molecule has 0 atom stereocenters. The minimum Gasteiger partial charge on any atom is -0.349 e. The lowest BCUT2D eigenvalue weighted by Crippen LogP contribution is -2.43. The molecule has 0 radical (unpaired) electrons. The van der Waals surface area contributed by atoms with Crippen LogP contribution in [-0.4, -0.2) is 37.0 Å². The van der Waals surface area contributed by atoms with E-state index in [9.17, 15) is 4.79 Å². The van der Waals surface area contributed by atoms with Gasteiger partial charge in [0.2, 0.25) is 0 Å². The Hall–Kier alpha value is -1.06. The largest absolute Gasteiger partial charge is 0.349 e. The van der Waals surface area contributed by atoms with E-state index in [0.717, 1.165) is 25.9 Å². The van der Waals surface area contributed by atoms with E-state index in [1.807, 2.05) is 0 Å². The summed E-state index contributed by atoms with van der Waals surface area (Å²) in [7, 11) is 2.11. The number of piperidine rings is 1. The summed E-state index contributed by atoms with van der Waals surface area (Å²) in [6, 6.07) is 7.30. The molecular formula is C13H17ClN2O. The van der Waals surface area contributed by atoms with E-state index in [1.54, 1.807) is 24.3 Å². The first kappa shape index (κ1) is 12.4. The van der Waals surface area contributed by atoms with Crippen molar-refractivity contribution in [2.24, 2.45) is 0 Å². The van der Waals surface area contributed by atoms with E-state index in [2.05, 4.69) is 17.3 Å². The molecule has 1 N–H and O–H groups in total. The molecule has 1 heterocycles. The number of nitrogens with zero attached hydrogens (tertiary/aromatic N) is 1. The summed E-state index contributed by atoms with van der Waals surface area (Å²) in [5, 5.41) is 3.72. The van der Waals surface area contributed by atoms with Crippen molar-refractivity contribution in [1.29, 1.82) is 0 Å². The molecule has 1 aliphatic rings. The smallest absolute Gasteiger partial charge is 0.251 e. The first-order valence-electron chi connectivity index (χ1n) is 5.90. The highest BCUT2D eigenvalue weighted by Crippen LogP contribution is 2.12. The quantitative estimate of drug-likeness (QED) is 0.875. The summed E-state index contributed by atoms with van der Waals surface area (Å²) in [6.07, 6.45) is 2.05. The van der Waals surface area contributed by atoms with Crippen LogP contribution in [0, 0.1) is 0 Å². The SMILES string of the molecule is CN1CCC(NC(=O)c2ccc(Cl)cc2)CC1. The molecule has 1 saturated heterocycles. The van der Waals surface area contributed by atoms with Gasteiger partial charge in [0.15, 0.2) is 0 Å². The van der Waals surface area contributed by atoms with Gasteiger partial charge in [-0.15, -0.1) is 0 Å². The molecule has 3 nitrogen and oxygen atoms in total. The van der Waals surface area contributed by atoms with Crippen LogP contribution in [0.2, 0.25) is 5.02 Å². The highest BCUT2D eigenvalue weighted by molar-refractivity contribution is 6.30. The van der Waals surface area contributed by atoms with Crippen LogP contribution < -0.4 is 5.32 Å². The number of rotatable bonds is 2. The standard InChI is InChI=1S/C13H17ClN2O/c1-16-8-6-12(7-9-16)15-13(17)10-2-4-11(14)5-3-10/h2-5,12H,6-9H2,1H3,(H,15,17). The number of benzene rings is 1. The maximum Gasteiger partial charge on any atom is 0.251 e. The topological polar surface area (TPSA) is 32.3 Å². The van der Waals surface area contributed by atoms with Gasteiger partial charge in [0.25, 0.3) is 5.91 Å². The summed E-state index contributed by atoms with van der Waals surface area (Å²) in [6.45, 7) is 2.09. The van der Waals surface area contributed by atoms with Gasteiger partial charge in [-0.3, -0.25) is 4.79 Å². The Morgan fingerprint density at radius 3 is 2.47 bits per heavy atom. The summed E-state index contributed by atoms with van der Waals surface area (Å²) < 4.78 is 0. The third-order valence-corrected chi connectivity index (χ3v) is 3.41. The number of hydrogen-bond donors (Lipinski definition) is 1. The molecular weight excluding hydrogens is 236 g/mol. The van der Waals surface area contributed by atoms with Crippen molar-refractivity contribution >= 4 is 17.5 Å². The third kappa shape index (κ3) is 3.45. The van der Waals surface area contributed by atoms with E-state index >= 15 is 0 Å². The number of nitrogens with one attached hydrogen (secondary N) is 1. The van der Waals surface area contributed by atoms with Crippen molar-refractivity contribution in [3.05, 3.63) is 34.9 Å². The van der Waals surface area contributed by atoms with Crippen molar-refractivity contribution in [3.8, 4) is 0 Å². The molecule has 0 bridgehead atoms. The number of carbonyl (C=O) groups excluding carboxylic acids is 1. The van der Waals surface area contributed by atoms with Crippen molar-refractivity contribution in [1.82, 2.24) is 10.2 Å². The molecule has 1 aromatic rings. The lowest BCUT2D eigenvalue weighted by atomic mass is 10.0. The zero-order valence-electron chi connectivity index (χ0n) is 9.95. The molecule has 4 heteroatoms. The minimum absolute atomic E-state index is 0.00350. The van der Waals surface area contributed by atoms with Crippen LogP contribution in [0.5, 0.6) is 0 Å². The molecule has 17 heavy (non-hydrogen) atoms. The molecule has 2 rings (SSSR count).